The molecule has 144 valence electrons. The number of nitriles is 1. The first kappa shape index (κ1) is 20.9. The molecule has 0 aliphatic rings. The van der Waals surface area contributed by atoms with Gasteiger partial charge in [-0.15, -0.1) is 11.3 Å². The van der Waals surface area contributed by atoms with Gasteiger partial charge < -0.3 is 9.47 Å². The van der Waals surface area contributed by atoms with E-state index in [1.807, 2.05) is 25.3 Å². The fourth-order valence-corrected chi connectivity index (χ4v) is 3.61. The van der Waals surface area contributed by atoms with Gasteiger partial charge in [-0.1, -0.05) is 13.8 Å². The number of carbonyl (C=O) groups excluding carboxylic acids is 1. The molecule has 0 atom stereocenters. The Balaban J connectivity index is 2.21. The third-order valence-electron chi connectivity index (χ3n) is 4.61. The van der Waals surface area contributed by atoms with Crippen LogP contribution in [0, 0.1) is 38.0 Å². The van der Waals surface area contributed by atoms with Crippen molar-refractivity contribution in [3.63, 3.8) is 0 Å². The first-order valence-electron chi connectivity index (χ1n) is 9.18. The molecule has 0 radical (unpaired) electrons. The molecule has 0 spiro atoms. The maximum Gasteiger partial charge on any atom is 0.264 e. The van der Waals surface area contributed by atoms with Crippen LogP contribution in [0.4, 0.5) is 0 Å². The molecule has 0 aliphatic carbocycles. The van der Waals surface area contributed by atoms with Gasteiger partial charge in [0.25, 0.3) is 5.91 Å². The predicted octanol–water partition coefficient (Wildman–Crippen LogP) is 4.48. The van der Waals surface area contributed by atoms with Gasteiger partial charge in [0.1, 0.15) is 11.6 Å². The van der Waals surface area contributed by atoms with Crippen molar-refractivity contribution in [1.82, 2.24) is 14.5 Å². The second-order valence-electron chi connectivity index (χ2n) is 7.35. The lowest BCUT2D eigenvalue weighted by molar-refractivity contribution is -0.125. The minimum absolute atomic E-state index is 0.147. The summed E-state index contributed by atoms with van der Waals surface area (Å²) in [6.45, 7) is 11.8. The first-order chi connectivity index (χ1) is 12.7. The normalized spacial score (nSPS) is 11.7. The standard InChI is InChI=1S/C21H28N4OS/c1-14(2)7-8-25-15(3)9-18(16(25)4)10-19(11-22)21(26)24(6)12-20-13-27-17(5)23-20/h9-10,13-14H,7-8,12H2,1-6H3. The quantitative estimate of drug-likeness (QED) is 0.522. The Morgan fingerprint density at radius 3 is 2.67 bits per heavy atom. The van der Waals surface area contributed by atoms with Gasteiger partial charge in [-0.2, -0.15) is 5.26 Å². The number of likely N-dealkylation sites (N-methyl/N-ethyl adjacent to an activating group) is 1. The van der Waals surface area contributed by atoms with Gasteiger partial charge in [0.05, 0.1) is 17.2 Å². The molecule has 27 heavy (non-hydrogen) atoms. The summed E-state index contributed by atoms with van der Waals surface area (Å²) in [6.07, 6.45) is 2.80. The van der Waals surface area contributed by atoms with Crippen LogP contribution < -0.4 is 0 Å². The van der Waals surface area contributed by atoms with E-state index in [4.69, 9.17) is 0 Å². The Hall–Kier alpha value is -2.39. The third kappa shape index (κ3) is 5.30. The lowest BCUT2D eigenvalue weighted by Crippen LogP contribution is -2.27. The predicted molar refractivity (Wildman–Crippen MR) is 110 cm³/mol. The molecule has 2 rings (SSSR count). The maximum atomic E-state index is 12.7. The van der Waals surface area contributed by atoms with E-state index in [-0.39, 0.29) is 11.5 Å². The van der Waals surface area contributed by atoms with E-state index < -0.39 is 0 Å². The summed E-state index contributed by atoms with van der Waals surface area (Å²) in [5.74, 6) is 0.347. The number of amides is 1. The highest BCUT2D eigenvalue weighted by atomic mass is 32.1. The van der Waals surface area contributed by atoms with E-state index >= 15 is 0 Å². The minimum Gasteiger partial charge on any atom is -0.349 e. The summed E-state index contributed by atoms with van der Waals surface area (Å²) in [4.78, 5) is 18.6. The van der Waals surface area contributed by atoms with Crippen LogP contribution in [-0.4, -0.2) is 27.4 Å². The van der Waals surface area contributed by atoms with Gasteiger partial charge >= 0.3 is 0 Å². The number of nitrogens with zero attached hydrogens (tertiary/aromatic N) is 4. The summed E-state index contributed by atoms with van der Waals surface area (Å²) in [5, 5.41) is 12.4. The summed E-state index contributed by atoms with van der Waals surface area (Å²) in [7, 11) is 1.70. The van der Waals surface area contributed by atoms with Crippen molar-refractivity contribution in [2.45, 2.75) is 54.1 Å². The molecule has 5 nitrogen and oxygen atoms in total. The second-order valence-corrected chi connectivity index (χ2v) is 8.41. The highest BCUT2D eigenvalue weighted by Crippen LogP contribution is 2.20. The van der Waals surface area contributed by atoms with Gasteiger partial charge in [-0.05, 0) is 50.8 Å². The zero-order valence-electron chi connectivity index (χ0n) is 17.0. The van der Waals surface area contributed by atoms with Crippen LogP contribution in [0.15, 0.2) is 17.0 Å². The van der Waals surface area contributed by atoms with Gasteiger partial charge in [-0.25, -0.2) is 4.98 Å². The van der Waals surface area contributed by atoms with Crippen LogP contribution in [0.5, 0.6) is 0 Å². The zero-order chi connectivity index (χ0) is 20.1. The topological polar surface area (TPSA) is 61.9 Å². The number of aromatic nitrogens is 2. The Morgan fingerprint density at radius 1 is 1.41 bits per heavy atom. The van der Waals surface area contributed by atoms with E-state index in [2.05, 4.69) is 36.4 Å². The molecule has 6 heteroatoms. The number of aryl methyl sites for hydroxylation is 2. The van der Waals surface area contributed by atoms with Crippen molar-refractivity contribution in [2.24, 2.45) is 5.92 Å². The Kier molecular flexibility index (Phi) is 6.98. The number of thiazole rings is 1. The third-order valence-corrected chi connectivity index (χ3v) is 5.43. The molecular weight excluding hydrogens is 356 g/mol. The van der Waals surface area contributed by atoms with Gasteiger partial charge in [0.2, 0.25) is 0 Å². The van der Waals surface area contributed by atoms with Crippen LogP contribution in [0.2, 0.25) is 0 Å². The lowest BCUT2D eigenvalue weighted by Gasteiger charge is -2.15. The van der Waals surface area contributed by atoms with E-state index in [1.54, 1.807) is 29.4 Å². The fourth-order valence-electron chi connectivity index (χ4n) is 3.00. The molecule has 2 heterocycles. The van der Waals surface area contributed by atoms with Crippen LogP contribution in [-0.2, 0) is 17.9 Å². The lowest BCUT2D eigenvalue weighted by atomic mass is 10.1. The van der Waals surface area contributed by atoms with E-state index in [0.717, 1.165) is 40.6 Å². The summed E-state index contributed by atoms with van der Waals surface area (Å²) in [5.41, 5.74) is 4.16. The Morgan fingerprint density at radius 2 is 2.11 bits per heavy atom. The molecular formula is C21H28N4OS. The molecule has 0 aliphatic heterocycles. The van der Waals surface area contributed by atoms with Crippen LogP contribution in [0.1, 0.15) is 47.9 Å². The highest BCUT2D eigenvalue weighted by molar-refractivity contribution is 7.09. The average Bonchev–Trinajstić information content (AvgIpc) is 3.13. The highest BCUT2D eigenvalue weighted by Gasteiger charge is 2.17. The molecule has 0 bridgehead atoms. The summed E-state index contributed by atoms with van der Waals surface area (Å²) in [6, 6.07) is 4.12. The summed E-state index contributed by atoms with van der Waals surface area (Å²) < 4.78 is 2.26. The van der Waals surface area contributed by atoms with Crippen molar-refractivity contribution in [1.29, 1.82) is 5.26 Å². The van der Waals surface area contributed by atoms with Crippen LogP contribution in [0.25, 0.3) is 6.08 Å². The monoisotopic (exact) mass is 384 g/mol. The molecule has 0 N–H and O–H groups in total. The molecule has 1 amide bonds. The number of carbonyl (C=O) groups is 1. The van der Waals surface area contributed by atoms with E-state index in [0.29, 0.717) is 12.5 Å². The average molecular weight is 385 g/mol. The van der Waals surface area contributed by atoms with Crippen molar-refractivity contribution < 1.29 is 4.79 Å². The first-order valence-corrected chi connectivity index (χ1v) is 10.1. The summed E-state index contributed by atoms with van der Waals surface area (Å²) >= 11 is 1.56. The molecule has 0 unspecified atom stereocenters. The van der Waals surface area contributed by atoms with Crippen molar-refractivity contribution in [2.75, 3.05) is 7.05 Å². The second kappa shape index (κ2) is 9.01. The molecule has 0 fully saturated rings. The minimum atomic E-state index is -0.282. The Labute approximate surface area is 166 Å². The molecule has 2 aromatic heterocycles. The maximum absolute atomic E-state index is 12.7. The van der Waals surface area contributed by atoms with Crippen molar-refractivity contribution in [3.8, 4) is 6.07 Å². The number of rotatable bonds is 7. The van der Waals surface area contributed by atoms with Crippen molar-refractivity contribution in [3.05, 3.63) is 44.7 Å². The zero-order valence-corrected chi connectivity index (χ0v) is 17.9. The SMILES string of the molecule is Cc1nc(CN(C)C(=O)C(C#N)=Cc2cc(C)n(CCC(C)C)c2C)cs1. The smallest absolute Gasteiger partial charge is 0.264 e. The van der Waals surface area contributed by atoms with Gasteiger partial charge in [0.15, 0.2) is 0 Å². The molecule has 0 aromatic carbocycles. The molecule has 0 saturated heterocycles. The molecule has 0 saturated carbocycles. The number of hydrogen-bond acceptors (Lipinski definition) is 4. The van der Waals surface area contributed by atoms with Crippen molar-refractivity contribution >= 4 is 23.3 Å². The van der Waals surface area contributed by atoms with E-state index in [1.165, 1.54) is 0 Å². The largest absolute Gasteiger partial charge is 0.349 e. The van der Waals surface area contributed by atoms with Crippen LogP contribution in [0.3, 0.4) is 0 Å². The van der Waals surface area contributed by atoms with Crippen LogP contribution >= 0.6 is 11.3 Å². The molecule has 2 aromatic rings. The number of hydrogen-bond donors (Lipinski definition) is 0. The van der Waals surface area contributed by atoms with E-state index in [9.17, 15) is 10.1 Å². The fraction of sp³-hybridized carbons (Fsp3) is 0.476. The van der Waals surface area contributed by atoms with Gasteiger partial charge in [-0.3, -0.25) is 4.79 Å². The van der Waals surface area contributed by atoms with Gasteiger partial charge in [0, 0.05) is 30.4 Å². The Bertz CT molecular complexity index is 883.